The molecule has 0 aromatic heterocycles. The number of hydrogen-bond donors (Lipinski definition) is 3. The van der Waals surface area contributed by atoms with Crippen LogP contribution in [0.4, 0.5) is 0 Å². The standard InChI is InChI=1S/C10H12O.C9H12O2.C2H6O/c1-9(8-11)7-10-5-3-2-4-6-10;1-11-9-4-2-8(3-5-9)6-7-10;1-2-3/h2-7,11H,8H2,1H3;2-5,10H,6-7H2,1H3;3H,2H2,1H3/b9-7+;;. The van der Waals surface area contributed by atoms with Crippen LogP contribution in [-0.4, -0.2) is 42.3 Å². The van der Waals surface area contributed by atoms with Gasteiger partial charge in [-0.3, -0.25) is 0 Å². The first kappa shape index (κ1) is 22.9. The van der Waals surface area contributed by atoms with Crippen molar-refractivity contribution in [2.75, 3.05) is 26.9 Å². The van der Waals surface area contributed by atoms with Gasteiger partial charge in [-0.25, -0.2) is 0 Å². The summed E-state index contributed by atoms with van der Waals surface area (Å²) in [4.78, 5) is 0. The van der Waals surface area contributed by atoms with E-state index in [0.29, 0.717) is 6.42 Å². The third kappa shape index (κ3) is 12.0. The molecule has 2 rings (SSSR count). The minimum absolute atomic E-state index is 0.134. The van der Waals surface area contributed by atoms with Gasteiger partial charge in [0, 0.05) is 13.2 Å². The molecule has 0 saturated carbocycles. The molecule has 3 N–H and O–H groups in total. The molecule has 0 saturated heterocycles. The Hall–Kier alpha value is -2.14. The fraction of sp³-hybridized carbons (Fsp3) is 0.333. The van der Waals surface area contributed by atoms with Crippen LogP contribution in [0.3, 0.4) is 0 Å². The van der Waals surface area contributed by atoms with Gasteiger partial charge in [-0.15, -0.1) is 0 Å². The van der Waals surface area contributed by atoms with Crippen molar-refractivity contribution in [2.45, 2.75) is 20.3 Å². The number of ether oxygens (including phenoxy) is 1. The maximum absolute atomic E-state index is 8.73. The molecule has 0 unspecified atom stereocenters. The van der Waals surface area contributed by atoms with Gasteiger partial charge in [0.25, 0.3) is 0 Å². The van der Waals surface area contributed by atoms with E-state index in [4.69, 9.17) is 20.1 Å². The van der Waals surface area contributed by atoms with Gasteiger partial charge in [0.2, 0.25) is 0 Å². The second-order valence-electron chi connectivity index (χ2n) is 5.20. The van der Waals surface area contributed by atoms with Crippen LogP contribution in [0.2, 0.25) is 0 Å². The second-order valence-corrected chi connectivity index (χ2v) is 5.20. The van der Waals surface area contributed by atoms with Crippen molar-refractivity contribution in [1.29, 1.82) is 0 Å². The van der Waals surface area contributed by atoms with E-state index in [-0.39, 0.29) is 19.8 Å². The summed E-state index contributed by atoms with van der Waals surface area (Å²) in [6.45, 7) is 4.17. The molecule has 2 aromatic rings. The molecule has 0 bridgehead atoms. The highest BCUT2D eigenvalue weighted by Crippen LogP contribution is 2.11. The van der Waals surface area contributed by atoms with Crippen LogP contribution in [0.25, 0.3) is 6.08 Å². The maximum atomic E-state index is 8.73. The summed E-state index contributed by atoms with van der Waals surface area (Å²) < 4.78 is 4.98. The molecule has 2 aromatic carbocycles. The Morgan fingerprint density at radius 2 is 1.52 bits per heavy atom. The monoisotopic (exact) mass is 346 g/mol. The summed E-state index contributed by atoms with van der Waals surface area (Å²) in [5, 5.41) is 24.9. The van der Waals surface area contributed by atoms with E-state index in [1.54, 1.807) is 14.0 Å². The van der Waals surface area contributed by atoms with Crippen molar-refractivity contribution < 1.29 is 20.1 Å². The lowest BCUT2D eigenvalue weighted by molar-refractivity contribution is 0.299. The molecule has 0 aliphatic heterocycles. The van der Waals surface area contributed by atoms with Gasteiger partial charge >= 0.3 is 0 Å². The Morgan fingerprint density at radius 3 is 1.96 bits per heavy atom. The predicted molar refractivity (Wildman–Crippen MR) is 104 cm³/mol. The molecule has 0 heterocycles. The number of methoxy groups -OCH3 is 1. The average Bonchev–Trinajstić information content (AvgIpc) is 2.64. The van der Waals surface area contributed by atoms with Crippen LogP contribution in [0.15, 0.2) is 60.2 Å². The molecule has 4 nitrogen and oxygen atoms in total. The molecule has 4 heteroatoms. The Labute approximate surface area is 151 Å². The molecule has 0 atom stereocenters. The Morgan fingerprint density at radius 1 is 0.960 bits per heavy atom. The van der Waals surface area contributed by atoms with Crippen molar-refractivity contribution in [3.63, 3.8) is 0 Å². The quantitative estimate of drug-likeness (QED) is 0.777. The fourth-order valence-electron chi connectivity index (χ4n) is 1.80. The molecule has 0 aliphatic rings. The molecule has 138 valence electrons. The van der Waals surface area contributed by atoms with E-state index < -0.39 is 0 Å². The highest BCUT2D eigenvalue weighted by atomic mass is 16.5. The van der Waals surface area contributed by atoms with E-state index in [2.05, 4.69) is 0 Å². The minimum Gasteiger partial charge on any atom is -0.497 e. The number of hydrogen-bond acceptors (Lipinski definition) is 4. The van der Waals surface area contributed by atoms with Crippen LogP contribution in [0, 0.1) is 0 Å². The molecule has 0 aliphatic carbocycles. The van der Waals surface area contributed by atoms with E-state index in [1.165, 1.54) is 0 Å². The molecule has 0 amide bonds. The molecule has 0 fully saturated rings. The van der Waals surface area contributed by atoms with E-state index in [0.717, 1.165) is 22.4 Å². The Kier molecular flexibility index (Phi) is 14.1. The summed E-state index contributed by atoms with van der Waals surface area (Å²) in [7, 11) is 1.64. The number of aliphatic hydroxyl groups is 3. The lowest BCUT2D eigenvalue weighted by Gasteiger charge is -2.00. The van der Waals surface area contributed by atoms with Gasteiger partial charge in [0.05, 0.1) is 13.7 Å². The zero-order chi connectivity index (χ0) is 18.9. The maximum Gasteiger partial charge on any atom is 0.118 e. The highest BCUT2D eigenvalue weighted by Gasteiger charge is 1.91. The topological polar surface area (TPSA) is 69.9 Å². The van der Waals surface area contributed by atoms with Crippen LogP contribution in [-0.2, 0) is 6.42 Å². The minimum atomic E-state index is 0.134. The van der Waals surface area contributed by atoms with Gasteiger partial charge in [0.1, 0.15) is 5.75 Å². The van der Waals surface area contributed by atoms with Crippen molar-refractivity contribution in [1.82, 2.24) is 0 Å². The normalized spacial score (nSPS) is 10.1. The number of aliphatic hydroxyl groups excluding tert-OH is 3. The van der Waals surface area contributed by atoms with Crippen molar-refractivity contribution >= 4 is 6.08 Å². The lowest BCUT2D eigenvalue weighted by atomic mass is 10.1. The van der Waals surface area contributed by atoms with Gasteiger partial charge in [-0.2, -0.15) is 0 Å². The third-order valence-electron chi connectivity index (χ3n) is 3.02. The largest absolute Gasteiger partial charge is 0.497 e. The zero-order valence-corrected chi connectivity index (χ0v) is 15.4. The van der Waals surface area contributed by atoms with Gasteiger partial charge in [-0.1, -0.05) is 48.5 Å². The fourth-order valence-corrected chi connectivity index (χ4v) is 1.80. The Bertz CT molecular complexity index is 562. The van der Waals surface area contributed by atoms with Crippen LogP contribution in [0.1, 0.15) is 25.0 Å². The van der Waals surface area contributed by atoms with Crippen molar-refractivity contribution in [3.05, 3.63) is 71.3 Å². The van der Waals surface area contributed by atoms with E-state index >= 15 is 0 Å². The van der Waals surface area contributed by atoms with Gasteiger partial charge in [0.15, 0.2) is 0 Å². The van der Waals surface area contributed by atoms with Crippen molar-refractivity contribution in [3.8, 4) is 5.75 Å². The average molecular weight is 346 g/mol. The highest BCUT2D eigenvalue weighted by molar-refractivity contribution is 5.51. The van der Waals surface area contributed by atoms with E-state index in [9.17, 15) is 0 Å². The molecule has 0 radical (unpaired) electrons. The molecular weight excluding hydrogens is 316 g/mol. The molecule has 0 spiro atoms. The zero-order valence-electron chi connectivity index (χ0n) is 15.4. The van der Waals surface area contributed by atoms with Crippen molar-refractivity contribution in [2.24, 2.45) is 0 Å². The van der Waals surface area contributed by atoms with Crippen LogP contribution < -0.4 is 4.74 Å². The summed E-state index contributed by atoms with van der Waals surface area (Å²) in [5.41, 5.74) is 3.25. The summed E-state index contributed by atoms with van der Waals surface area (Å²) in [5.74, 6) is 0.853. The summed E-state index contributed by atoms with van der Waals surface area (Å²) in [6.07, 6.45) is 2.68. The SMILES string of the molecule is C/C(=C\c1ccccc1)CO.CCO.COc1ccc(CCO)cc1. The van der Waals surface area contributed by atoms with Gasteiger partial charge < -0.3 is 20.1 Å². The van der Waals surface area contributed by atoms with E-state index in [1.807, 2.05) is 67.6 Å². The molecule has 25 heavy (non-hydrogen) atoms. The first-order chi connectivity index (χ1) is 12.1. The molecular formula is C21H30O4. The predicted octanol–water partition coefficient (Wildman–Crippen LogP) is 3.31. The summed E-state index contributed by atoms with van der Waals surface area (Å²) >= 11 is 0. The smallest absolute Gasteiger partial charge is 0.118 e. The first-order valence-electron chi connectivity index (χ1n) is 8.28. The number of rotatable bonds is 5. The van der Waals surface area contributed by atoms with Crippen LogP contribution in [0.5, 0.6) is 5.75 Å². The van der Waals surface area contributed by atoms with Gasteiger partial charge in [-0.05, 0) is 49.1 Å². The van der Waals surface area contributed by atoms with Crippen LogP contribution >= 0.6 is 0 Å². The Balaban J connectivity index is 0.000000399. The first-order valence-corrected chi connectivity index (χ1v) is 8.28. The number of benzene rings is 2. The third-order valence-corrected chi connectivity index (χ3v) is 3.02. The summed E-state index contributed by atoms with van der Waals surface area (Å²) in [6, 6.07) is 17.7. The second kappa shape index (κ2) is 15.4. The lowest BCUT2D eigenvalue weighted by Crippen LogP contribution is -1.90.